The summed E-state index contributed by atoms with van der Waals surface area (Å²) in [5, 5.41) is 3.19. The van der Waals surface area contributed by atoms with Crippen LogP contribution < -0.4 is 5.32 Å². The van der Waals surface area contributed by atoms with Crippen molar-refractivity contribution >= 4 is 17.5 Å². The predicted octanol–water partition coefficient (Wildman–Crippen LogP) is 3.76. The fraction of sp³-hybridized carbons (Fsp3) is 0.231. The highest BCUT2D eigenvalue weighted by molar-refractivity contribution is 6.31. The fourth-order valence-corrected chi connectivity index (χ4v) is 1.67. The summed E-state index contributed by atoms with van der Waals surface area (Å²) in [6, 6.07) is 4.81. The topological polar surface area (TPSA) is 37.8 Å². The Hall–Kier alpha value is -1.68. The van der Waals surface area contributed by atoms with E-state index in [1.165, 1.54) is 6.07 Å². The lowest BCUT2D eigenvalue weighted by Gasteiger charge is -2.08. The molecule has 2 aromatic rings. The maximum atomic E-state index is 13.0. The van der Waals surface area contributed by atoms with E-state index in [0.717, 1.165) is 11.1 Å². The summed E-state index contributed by atoms with van der Waals surface area (Å²) >= 11 is 5.74. The van der Waals surface area contributed by atoms with Gasteiger partial charge in [0.05, 0.1) is 5.02 Å². The van der Waals surface area contributed by atoms with E-state index in [2.05, 4.69) is 15.3 Å². The first-order chi connectivity index (χ1) is 8.56. The molecule has 18 heavy (non-hydrogen) atoms. The minimum atomic E-state index is -0.431. The Labute approximate surface area is 110 Å². The second kappa shape index (κ2) is 5.31. The molecule has 0 unspecified atom stereocenters. The molecule has 1 aromatic heterocycles. The zero-order valence-corrected chi connectivity index (χ0v) is 10.9. The minimum absolute atomic E-state index is 0.0943. The highest BCUT2D eigenvalue weighted by Crippen LogP contribution is 2.24. The lowest BCUT2D eigenvalue weighted by atomic mass is 10.1. The molecule has 0 radical (unpaired) electrons. The van der Waals surface area contributed by atoms with Gasteiger partial charge >= 0.3 is 0 Å². The van der Waals surface area contributed by atoms with E-state index in [1.54, 1.807) is 24.5 Å². The van der Waals surface area contributed by atoms with Crippen molar-refractivity contribution < 1.29 is 4.39 Å². The van der Waals surface area contributed by atoms with Crippen molar-refractivity contribution in [3.8, 4) is 11.1 Å². The highest BCUT2D eigenvalue weighted by atomic mass is 35.5. The molecule has 94 valence electrons. The van der Waals surface area contributed by atoms with Gasteiger partial charge < -0.3 is 5.32 Å². The molecule has 3 nitrogen and oxygen atoms in total. The lowest BCUT2D eigenvalue weighted by molar-refractivity contribution is 0.628. The van der Waals surface area contributed by atoms with Crippen molar-refractivity contribution in [3.05, 3.63) is 41.4 Å². The molecule has 1 heterocycles. The number of aromatic nitrogens is 2. The van der Waals surface area contributed by atoms with Gasteiger partial charge in [-0.15, -0.1) is 0 Å². The van der Waals surface area contributed by atoms with Crippen molar-refractivity contribution in [3.63, 3.8) is 0 Å². The van der Waals surface area contributed by atoms with Crippen LogP contribution in [0, 0.1) is 5.82 Å². The molecule has 0 aliphatic carbocycles. The van der Waals surface area contributed by atoms with Gasteiger partial charge in [-0.3, -0.25) is 0 Å². The molecule has 0 amide bonds. The molecule has 0 bridgehead atoms. The summed E-state index contributed by atoms with van der Waals surface area (Å²) in [7, 11) is 0. The molecule has 0 saturated heterocycles. The molecule has 1 aromatic carbocycles. The molecule has 0 saturated carbocycles. The Kier molecular flexibility index (Phi) is 3.77. The quantitative estimate of drug-likeness (QED) is 0.918. The zero-order chi connectivity index (χ0) is 13.1. The van der Waals surface area contributed by atoms with Crippen molar-refractivity contribution in [1.29, 1.82) is 0 Å². The van der Waals surface area contributed by atoms with Crippen LogP contribution in [-0.2, 0) is 0 Å². The summed E-state index contributed by atoms with van der Waals surface area (Å²) < 4.78 is 13.0. The van der Waals surface area contributed by atoms with E-state index < -0.39 is 5.82 Å². The normalized spacial score (nSPS) is 10.7. The van der Waals surface area contributed by atoms with Gasteiger partial charge in [-0.05, 0) is 31.5 Å². The second-order valence-corrected chi connectivity index (χ2v) is 4.63. The number of halogens is 2. The zero-order valence-electron chi connectivity index (χ0n) is 10.1. The molecule has 2 rings (SSSR count). The van der Waals surface area contributed by atoms with Crippen LogP contribution in [0.1, 0.15) is 13.8 Å². The molecule has 0 aliphatic rings. The third kappa shape index (κ3) is 2.96. The van der Waals surface area contributed by atoms with Crippen LogP contribution in [0.15, 0.2) is 30.6 Å². The molecule has 0 atom stereocenters. The van der Waals surface area contributed by atoms with Crippen LogP contribution in [0.4, 0.5) is 10.3 Å². The Balaban J connectivity index is 2.25. The van der Waals surface area contributed by atoms with Crippen LogP contribution in [-0.4, -0.2) is 16.0 Å². The summed E-state index contributed by atoms with van der Waals surface area (Å²) in [4.78, 5) is 8.38. The molecule has 0 fully saturated rings. The molecule has 0 aliphatic heterocycles. The second-order valence-electron chi connectivity index (χ2n) is 4.22. The fourth-order valence-electron chi connectivity index (χ4n) is 1.49. The van der Waals surface area contributed by atoms with Crippen molar-refractivity contribution in [1.82, 2.24) is 9.97 Å². The first-order valence-corrected chi connectivity index (χ1v) is 5.98. The number of hydrogen-bond donors (Lipinski definition) is 1. The number of anilines is 1. The summed E-state index contributed by atoms with van der Waals surface area (Å²) in [6.45, 7) is 4.02. The van der Waals surface area contributed by atoms with Gasteiger partial charge in [0.25, 0.3) is 0 Å². The molecule has 0 spiro atoms. The van der Waals surface area contributed by atoms with Gasteiger partial charge in [-0.25, -0.2) is 14.4 Å². The van der Waals surface area contributed by atoms with Gasteiger partial charge in [-0.2, -0.15) is 0 Å². The van der Waals surface area contributed by atoms with E-state index in [0.29, 0.717) is 5.95 Å². The molecule has 5 heteroatoms. The monoisotopic (exact) mass is 265 g/mol. The van der Waals surface area contributed by atoms with E-state index in [-0.39, 0.29) is 11.1 Å². The van der Waals surface area contributed by atoms with Gasteiger partial charge in [0, 0.05) is 24.0 Å². The number of rotatable bonds is 3. The van der Waals surface area contributed by atoms with E-state index in [9.17, 15) is 4.39 Å². The Morgan fingerprint density at radius 1 is 1.17 bits per heavy atom. The van der Waals surface area contributed by atoms with Crippen LogP contribution in [0.3, 0.4) is 0 Å². The Morgan fingerprint density at radius 3 is 2.39 bits per heavy atom. The smallest absolute Gasteiger partial charge is 0.222 e. The average Bonchev–Trinajstić information content (AvgIpc) is 2.33. The van der Waals surface area contributed by atoms with Crippen LogP contribution >= 0.6 is 11.6 Å². The first-order valence-electron chi connectivity index (χ1n) is 5.60. The first kappa shape index (κ1) is 12.8. The number of nitrogens with one attached hydrogen (secondary N) is 1. The Morgan fingerprint density at radius 2 is 1.83 bits per heavy atom. The van der Waals surface area contributed by atoms with E-state index in [4.69, 9.17) is 11.6 Å². The van der Waals surface area contributed by atoms with E-state index in [1.807, 2.05) is 13.8 Å². The van der Waals surface area contributed by atoms with Crippen molar-refractivity contribution in [2.75, 3.05) is 5.32 Å². The highest BCUT2D eigenvalue weighted by Gasteiger charge is 2.05. The molecular weight excluding hydrogens is 253 g/mol. The number of benzene rings is 1. The summed E-state index contributed by atoms with van der Waals surface area (Å²) in [6.07, 6.45) is 3.36. The maximum absolute atomic E-state index is 13.0. The van der Waals surface area contributed by atoms with Crippen molar-refractivity contribution in [2.24, 2.45) is 0 Å². The van der Waals surface area contributed by atoms with Gasteiger partial charge in [-0.1, -0.05) is 17.7 Å². The van der Waals surface area contributed by atoms with Crippen LogP contribution in [0.5, 0.6) is 0 Å². The summed E-state index contributed by atoms with van der Waals surface area (Å²) in [5.74, 6) is 0.140. The number of hydrogen-bond acceptors (Lipinski definition) is 3. The third-order valence-corrected chi connectivity index (χ3v) is 2.61. The molecular formula is C13H13ClFN3. The lowest BCUT2D eigenvalue weighted by Crippen LogP contribution is -2.12. The molecule has 1 N–H and O–H groups in total. The number of nitrogens with zero attached hydrogens (tertiary/aromatic N) is 2. The summed E-state index contributed by atoms with van der Waals surface area (Å²) in [5.41, 5.74) is 1.59. The van der Waals surface area contributed by atoms with Crippen LogP contribution in [0.25, 0.3) is 11.1 Å². The largest absolute Gasteiger partial charge is 0.352 e. The van der Waals surface area contributed by atoms with Gasteiger partial charge in [0.15, 0.2) is 0 Å². The average molecular weight is 266 g/mol. The van der Waals surface area contributed by atoms with E-state index >= 15 is 0 Å². The van der Waals surface area contributed by atoms with Crippen LogP contribution in [0.2, 0.25) is 5.02 Å². The minimum Gasteiger partial charge on any atom is -0.352 e. The SMILES string of the molecule is CC(C)Nc1ncc(-c2ccc(F)c(Cl)c2)cn1. The standard InChI is InChI=1S/C13H13ClFN3/c1-8(2)18-13-16-6-10(7-17-13)9-3-4-12(15)11(14)5-9/h3-8H,1-2H3,(H,16,17,18). The van der Waals surface area contributed by atoms with Crippen molar-refractivity contribution in [2.45, 2.75) is 19.9 Å². The van der Waals surface area contributed by atoms with Gasteiger partial charge in [0.1, 0.15) is 5.82 Å². The van der Waals surface area contributed by atoms with Gasteiger partial charge in [0.2, 0.25) is 5.95 Å². The maximum Gasteiger partial charge on any atom is 0.222 e. The Bertz CT molecular complexity index is 540. The predicted molar refractivity (Wildman–Crippen MR) is 71.2 cm³/mol. The third-order valence-electron chi connectivity index (χ3n) is 2.32.